The second-order valence-electron chi connectivity index (χ2n) is 4.30. The summed E-state index contributed by atoms with van der Waals surface area (Å²) in [6.07, 6.45) is 1.30. The van der Waals surface area contributed by atoms with Gasteiger partial charge in [0.2, 0.25) is 0 Å². The van der Waals surface area contributed by atoms with Gasteiger partial charge < -0.3 is 14.9 Å². The summed E-state index contributed by atoms with van der Waals surface area (Å²) >= 11 is 5.71. The molecule has 7 heteroatoms. The first-order valence-corrected chi connectivity index (χ1v) is 6.58. The molecule has 2 aromatic rings. The van der Waals surface area contributed by atoms with Gasteiger partial charge in [0, 0.05) is 5.56 Å². The quantitative estimate of drug-likeness (QED) is 0.458. The number of carbonyl (C=O) groups is 1. The number of benzene rings is 2. The van der Waals surface area contributed by atoms with Crippen molar-refractivity contribution in [2.24, 2.45) is 5.10 Å². The molecule has 0 aliphatic rings. The first-order valence-electron chi connectivity index (χ1n) is 6.20. The lowest BCUT2D eigenvalue weighted by Crippen LogP contribution is -2.17. The minimum Gasteiger partial charge on any atom is -0.504 e. The fourth-order valence-electron chi connectivity index (χ4n) is 1.65. The Hall–Kier alpha value is -2.73. The third-order valence-electron chi connectivity index (χ3n) is 2.80. The minimum atomic E-state index is -0.402. The van der Waals surface area contributed by atoms with Crippen molar-refractivity contribution in [3.8, 4) is 17.2 Å². The van der Waals surface area contributed by atoms with Crippen molar-refractivity contribution >= 4 is 23.7 Å². The maximum absolute atomic E-state index is 11.8. The van der Waals surface area contributed by atoms with E-state index in [0.29, 0.717) is 16.9 Å². The Labute approximate surface area is 131 Å². The smallest absolute Gasteiger partial charge is 0.271 e. The van der Waals surface area contributed by atoms with Crippen molar-refractivity contribution < 1.29 is 19.7 Å². The van der Waals surface area contributed by atoms with Crippen LogP contribution in [0, 0.1) is 0 Å². The summed E-state index contributed by atoms with van der Waals surface area (Å²) in [7, 11) is 1.54. The molecule has 0 fully saturated rings. The number of amides is 1. The highest BCUT2D eigenvalue weighted by Gasteiger charge is 2.07. The molecule has 2 rings (SSSR count). The van der Waals surface area contributed by atoms with E-state index in [1.54, 1.807) is 24.3 Å². The number of hydrogen-bond acceptors (Lipinski definition) is 5. The molecule has 0 saturated heterocycles. The summed E-state index contributed by atoms with van der Waals surface area (Å²) in [5.74, 6) is -0.515. The number of phenolic OH excluding ortho intramolecular Hbond substituents is 2. The summed E-state index contributed by atoms with van der Waals surface area (Å²) in [5.41, 5.74) is 3.19. The van der Waals surface area contributed by atoms with Gasteiger partial charge >= 0.3 is 0 Å². The molecule has 0 atom stereocenters. The van der Waals surface area contributed by atoms with Crippen LogP contribution in [-0.4, -0.2) is 29.4 Å². The number of rotatable bonds is 4. The zero-order chi connectivity index (χ0) is 16.1. The molecule has 0 radical (unpaired) electrons. The molecular formula is C15H13ClN2O4. The molecule has 0 aromatic heterocycles. The number of methoxy groups -OCH3 is 1. The largest absolute Gasteiger partial charge is 0.504 e. The molecule has 22 heavy (non-hydrogen) atoms. The third kappa shape index (κ3) is 3.67. The zero-order valence-corrected chi connectivity index (χ0v) is 12.3. The topological polar surface area (TPSA) is 91.2 Å². The van der Waals surface area contributed by atoms with Gasteiger partial charge in [-0.25, -0.2) is 5.43 Å². The summed E-state index contributed by atoms with van der Waals surface area (Å²) in [6.45, 7) is 0. The van der Waals surface area contributed by atoms with Crippen LogP contribution in [0.25, 0.3) is 0 Å². The van der Waals surface area contributed by atoms with Crippen LogP contribution in [0.1, 0.15) is 15.9 Å². The molecular weight excluding hydrogens is 308 g/mol. The predicted molar refractivity (Wildman–Crippen MR) is 82.8 cm³/mol. The fraction of sp³-hybridized carbons (Fsp3) is 0.0667. The molecule has 0 unspecified atom stereocenters. The molecule has 0 aliphatic carbocycles. The molecule has 0 spiro atoms. The van der Waals surface area contributed by atoms with Crippen LogP contribution in [0.5, 0.6) is 17.2 Å². The molecule has 6 nitrogen and oxygen atoms in total. The number of nitrogens with one attached hydrogen (secondary N) is 1. The second kappa shape index (κ2) is 6.82. The van der Waals surface area contributed by atoms with Crippen LogP contribution in [0.15, 0.2) is 41.5 Å². The van der Waals surface area contributed by atoms with Crippen molar-refractivity contribution in [2.75, 3.05) is 7.11 Å². The molecule has 1 amide bonds. The van der Waals surface area contributed by atoms with Gasteiger partial charge in [-0.15, -0.1) is 0 Å². The molecule has 0 aliphatic heterocycles. The molecule has 2 aromatic carbocycles. The number of nitrogens with zero attached hydrogens (tertiary/aromatic N) is 1. The van der Waals surface area contributed by atoms with Crippen molar-refractivity contribution in [3.05, 3.63) is 52.5 Å². The van der Waals surface area contributed by atoms with E-state index in [-0.39, 0.29) is 10.8 Å². The number of halogens is 1. The fourth-order valence-corrected chi connectivity index (χ4v) is 1.87. The highest BCUT2D eigenvalue weighted by Crippen LogP contribution is 2.33. The minimum absolute atomic E-state index is 0.0112. The van der Waals surface area contributed by atoms with E-state index in [9.17, 15) is 15.0 Å². The maximum Gasteiger partial charge on any atom is 0.271 e. The van der Waals surface area contributed by atoms with E-state index in [2.05, 4.69) is 10.5 Å². The maximum atomic E-state index is 11.8. The molecule has 0 bridgehead atoms. The van der Waals surface area contributed by atoms with Gasteiger partial charge in [-0.1, -0.05) is 11.6 Å². The summed E-state index contributed by atoms with van der Waals surface area (Å²) in [5, 5.41) is 22.5. The highest BCUT2D eigenvalue weighted by molar-refractivity contribution is 6.32. The Kier molecular flexibility index (Phi) is 4.85. The van der Waals surface area contributed by atoms with E-state index in [1.807, 2.05) is 0 Å². The van der Waals surface area contributed by atoms with Crippen LogP contribution in [-0.2, 0) is 0 Å². The lowest BCUT2D eigenvalue weighted by Gasteiger charge is -2.03. The van der Waals surface area contributed by atoms with Crippen molar-refractivity contribution in [3.63, 3.8) is 0 Å². The number of hydrazone groups is 1. The van der Waals surface area contributed by atoms with Crippen LogP contribution >= 0.6 is 11.6 Å². The van der Waals surface area contributed by atoms with Crippen molar-refractivity contribution in [2.45, 2.75) is 0 Å². The molecule has 0 saturated carbocycles. The van der Waals surface area contributed by atoms with E-state index < -0.39 is 11.7 Å². The van der Waals surface area contributed by atoms with Crippen molar-refractivity contribution in [1.82, 2.24) is 5.43 Å². The van der Waals surface area contributed by atoms with Gasteiger partial charge in [-0.2, -0.15) is 5.10 Å². The molecule has 0 heterocycles. The lowest BCUT2D eigenvalue weighted by molar-refractivity contribution is 0.0955. The van der Waals surface area contributed by atoms with Crippen LogP contribution in [0.2, 0.25) is 5.02 Å². The number of ether oxygens (including phenoxy) is 1. The van der Waals surface area contributed by atoms with E-state index in [0.717, 1.165) is 0 Å². The first-order chi connectivity index (χ1) is 10.5. The number of hydrogen-bond donors (Lipinski definition) is 3. The monoisotopic (exact) mass is 320 g/mol. The average molecular weight is 321 g/mol. The molecule has 3 N–H and O–H groups in total. The van der Waals surface area contributed by atoms with Gasteiger partial charge in [0.1, 0.15) is 5.75 Å². The van der Waals surface area contributed by atoms with Gasteiger partial charge in [-0.3, -0.25) is 4.79 Å². The highest BCUT2D eigenvalue weighted by atomic mass is 35.5. The van der Waals surface area contributed by atoms with Gasteiger partial charge in [-0.05, 0) is 42.0 Å². The van der Waals surface area contributed by atoms with E-state index in [1.165, 1.54) is 25.5 Å². The van der Waals surface area contributed by atoms with Crippen molar-refractivity contribution in [1.29, 1.82) is 0 Å². The first kappa shape index (κ1) is 15.7. The predicted octanol–water partition coefficient (Wildman–Crippen LogP) is 2.52. The van der Waals surface area contributed by atoms with Crippen LogP contribution < -0.4 is 10.2 Å². The standard InChI is InChI=1S/C15H13ClN2O4/c1-22-11-4-2-10(3-5-11)15(21)18-17-8-9-6-12(16)14(20)13(19)7-9/h2-8,19-20H,1H3,(H,18,21)/b17-8+. The lowest BCUT2D eigenvalue weighted by atomic mass is 10.2. The number of phenols is 2. The van der Waals surface area contributed by atoms with E-state index in [4.69, 9.17) is 16.3 Å². The third-order valence-corrected chi connectivity index (χ3v) is 3.09. The average Bonchev–Trinajstić information content (AvgIpc) is 2.52. The van der Waals surface area contributed by atoms with E-state index >= 15 is 0 Å². The zero-order valence-electron chi connectivity index (χ0n) is 11.6. The summed E-state index contributed by atoms with van der Waals surface area (Å²) in [4.78, 5) is 11.8. The van der Waals surface area contributed by atoms with Crippen LogP contribution in [0.3, 0.4) is 0 Å². The summed E-state index contributed by atoms with van der Waals surface area (Å²) in [6, 6.07) is 9.20. The summed E-state index contributed by atoms with van der Waals surface area (Å²) < 4.78 is 5.00. The Bertz CT molecular complexity index is 691. The van der Waals surface area contributed by atoms with Crippen LogP contribution in [0.4, 0.5) is 0 Å². The number of aromatic hydroxyl groups is 2. The SMILES string of the molecule is COc1ccc(C(=O)N/N=C/c2cc(O)c(O)c(Cl)c2)cc1. The Morgan fingerprint density at radius 1 is 1.27 bits per heavy atom. The Morgan fingerprint density at radius 3 is 2.55 bits per heavy atom. The Morgan fingerprint density at radius 2 is 1.95 bits per heavy atom. The normalized spacial score (nSPS) is 10.6. The Balaban J connectivity index is 2.03. The second-order valence-corrected chi connectivity index (χ2v) is 4.71. The van der Waals surface area contributed by atoms with Gasteiger partial charge in [0.05, 0.1) is 18.3 Å². The van der Waals surface area contributed by atoms with Gasteiger partial charge in [0.25, 0.3) is 5.91 Å². The van der Waals surface area contributed by atoms with Gasteiger partial charge in [0.15, 0.2) is 11.5 Å². The molecule has 114 valence electrons. The number of carbonyl (C=O) groups excluding carboxylic acids is 1.